The van der Waals surface area contributed by atoms with Crippen LogP contribution in [0.15, 0.2) is 24.4 Å². The average Bonchev–Trinajstić information content (AvgIpc) is 2.65. The largest absolute Gasteiger partial charge is 0.380 e. The first-order chi connectivity index (χ1) is 7.22. The third-order valence-corrected chi connectivity index (χ3v) is 2.73. The highest BCUT2D eigenvalue weighted by Gasteiger charge is 2.07. The Morgan fingerprint density at radius 2 is 2.13 bits per heavy atom. The van der Waals surface area contributed by atoms with Crippen LogP contribution in [0.5, 0.6) is 0 Å². The maximum Gasteiger partial charge on any atom is 0.0733 e. The molecule has 0 unspecified atom stereocenters. The van der Waals surface area contributed by atoms with Gasteiger partial charge in [-0.2, -0.15) is 0 Å². The van der Waals surface area contributed by atoms with Gasteiger partial charge in [0.2, 0.25) is 0 Å². The summed E-state index contributed by atoms with van der Waals surface area (Å²) in [5, 5.41) is 1.27. The molecule has 0 radical (unpaired) electrons. The van der Waals surface area contributed by atoms with Gasteiger partial charge in [0.05, 0.1) is 12.1 Å². The number of hydrogen-bond donors (Lipinski definition) is 1. The molecule has 2 rings (SSSR count). The van der Waals surface area contributed by atoms with Crippen LogP contribution < -0.4 is 0 Å². The standard InChI is InChI=1S/C13H17NO/c1-9(2)11-6-10-4-5-14-13(10)12(7-11)8-15-3/h4-7,9,14H,8H2,1-3H3. The second-order valence-corrected chi connectivity index (χ2v) is 4.21. The van der Waals surface area contributed by atoms with Crippen LogP contribution in [0.1, 0.15) is 30.9 Å². The molecule has 2 heteroatoms. The summed E-state index contributed by atoms with van der Waals surface area (Å²) in [7, 11) is 1.73. The predicted molar refractivity (Wildman–Crippen MR) is 63.1 cm³/mol. The van der Waals surface area contributed by atoms with Crippen LogP contribution in [0, 0.1) is 0 Å². The van der Waals surface area contributed by atoms with Crippen LogP contribution in [0.4, 0.5) is 0 Å². The summed E-state index contributed by atoms with van der Waals surface area (Å²) in [6.45, 7) is 5.09. The number of methoxy groups -OCH3 is 1. The lowest BCUT2D eigenvalue weighted by Gasteiger charge is -2.09. The minimum absolute atomic E-state index is 0.555. The average molecular weight is 203 g/mol. The Labute approximate surface area is 90.3 Å². The Kier molecular flexibility index (Phi) is 2.78. The van der Waals surface area contributed by atoms with E-state index in [1.54, 1.807) is 7.11 Å². The van der Waals surface area contributed by atoms with Gasteiger partial charge in [0.15, 0.2) is 0 Å². The normalized spacial score (nSPS) is 11.5. The number of aromatic amines is 1. The van der Waals surface area contributed by atoms with Crippen LogP contribution >= 0.6 is 0 Å². The predicted octanol–water partition coefficient (Wildman–Crippen LogP) is 3.44. The number of rotatable bonds is 3. The Morgan fingerprint density at radius 1 is 1.33 bits per heavy atom. The van der Waals surface area contributed by atoms with E-state index in [0.717, 1.165) is 0 Å². The van der Waals surface area contributed by atoms with E-state index in [4.69, 9.17) is 4.74 Å². The fourth-order valence-corrected chi connectivity index (χ4v) is 1.88. The van der Waals surface area contributed by atoms with Gasteiger partial charge in [-0.15, -0.1) is 0 Å². The van der Waals surface area contributed by atoms with Crippen molar-refractivity contribution < 1.29 is 4.74 Å². The van der Waals surface area contributed by atoms with Crippen molar-refractivity contribution in [1.82, 2.24) is 4.98 Å². The molecule has 0 bridgehead atoms. The van der Waals surface area contributed by atoms with Crippen molar-refractivity contribution >= 4 is 10.9 Å². The molecule has 0 amide bonds. The van der Waals surface area contributed by atoms with Crippen LogP contribution in [0.25, 0.3) is 10.9 Å². The van der Waals surface area contributed by atoms with E-state index in [2.05, 4.69) is 37.0 Å². The van der Waals surface area contributed by atoms with Gasteiger partial charge < -0.3 is 9.72 Å². The van der Waals surface area contributed by atoms with Crippen LogP contribution in [0.3, 0.4) is 0 Å². The first-order valence-corrected chi connectivity index (χ1v) is 5.31. The molecular formula is C13H17NO. The Morgan fingerprint density at radius 3 is 2.80 bits per heavy atom. The molecule has 0 aliphatic carbocycles. The zero-order valence-corrected chi connectivity index (χ0v) is 9.50. The fraction of sp³-hybridized carbons (Fsp3) is 0.385. The lowest BCUT2D eigenvalue weighted by Crippen LogP contribution is -1.94. The highest BCUT2D eigenvalue weighted by Crippen LogP contribution is 2.24. The number of nitrogens with one attached hydrogen (secondary N) is 1. The Bertz CT molecular complexity index is 457. The van der Waals surface area contributed by atoms with Gasteiger partial charge in [-0.25, -0.2) is 0 Å². The molecule has 2 nitrogen and oxygen atoms in total. The van der Waals surface area contributed by atoms with Crippen molar-refractivity contribution in [1.29, 1.82) is 0 Å². The van der Waals surface area contributed by atoms with Gasteiger partial charge >= 0.3 is 0 Å². The van der Waals surface area contributed by atoms with Crippen molar-refractivity contribution in [3.05, 3.63) is 35.5 Å². The highest BCUT2D eigenvalue weighted by molar-refractivity contribution is 5.83. The fourth-order valence-electron chi connectivity index (χ4n) is 1.88. The molecule has 80 valence electrons. The molecular weight excluding hydrogens is 186 g/mol. The van der Waals surface area contributed by atoms with Gasteiger partial charge in [-0.05, 0) is 23.6 Å². The van der Waals surface area contributed by atoms with Crippen LogP contribution in [-0.4, -0.2) is 12.1 Å². The second-order valence-electron chi connectivity index (χ2n) is 4.21. The van der Waals surface area contributed by atoms with E-state index in [1.165, 1.54) is 22.0 Å². The van der Waals surface area contributed by atoms with Crippen molar-refractivity contribution in [2.45, 2.75) is 26.4 Å². The molecule has 1 aromatic carbocycles. The zero-order valence-electron chi connectivity index (χ0n) is 9.50. The number of fused-ring (bicyclic) bond motifs is 1. The van der Waals surface area contributed by atoms with Gasteiger partial charge in [-0.1, -0.05) is 19.9 Å². The first-order valence-electron chi connectivity index (χ1n) is 5.31. The molecule has 0 aliphatic rings. The number of aromatic nitrogens is 1. The van der Waals surface area contributed by atoms with E-state index in [1.807, 2.05) is 6.20 Å². The van der Waals surface area contributed by atoms with Crippen LogP contribution in [-0.2, 0) is 11.3 Å². The molecule has 0 saturated heterocycles. The quantitative estimate of drug-likeness (QED) is 0.812. The molecule has 0 fully saturated rings. The summed E-state index contributed by atoms with van der Waals surface area (Å²) in [6, 6.07) is 6.59. The summed E-state index contributed by atoms with van der Waals surface area (Å²) < 4.78 is 5.22. The number of H-pyrrole nitrogens is 1. The van der Waals surface area contributed by atoms with E-state index in [0.29, 0.717) is 12.5 Å². The number of ether oxygens (including phenoxy) is 1. The van der Waals surface area contributed by atoms with Crippen molar-refractivity contribution in [3.63, 3.8) is 0 Å². The number of benzene rings is 1. The minimum Gasteiger partial charge on any atom is -0.380 e. The molecule has 1 heterocycles. The first kappa shape index (κ1) is 10.2. The number of hydrogen-bond acceptors (Lipinski definition) is 1. The minimum atomic E-state index is 0.555. The highest BCUT2D eigenvalue weighted by atomic mass is 16.5. The maximum atomic E-state index is 5.22. The third kappa shape index (κ3) is 1.90. The summed E-state index contributed by atoms with van der Waals surface area (Å²) in [4.78, 5) is 3.26. The zero-order chi connectivity index (χ0) is 10.8. The SMILES string of the molecule is COCc1cc(C(C)C)cc2cc[nH]c12. The smallest absolute Gasteiger partial charge is 0.0733 e. The van der Waals surface area contributed by atoms with Crippen LogP contribution in [0.2, 0.25) is 0 Å². The third-order valence-electron chi connectivity index (χ3n) is 2.73. The summed E-state index contributed by atoms with van der Waals surface area (Å²) in [6.07, 6.45) is 1.98. The van der Waals surface area contributed by atoms with E-state index < -0.39 is 0 Å². The van der Waals surface area contributed by atoms with Crippen molar-refractivity contribution in [2.24, 2.45) is 0 Å². The summed E-state index contributed by atoms with van der Waals surface area (Å²) >= 11 is 0. The molecule has 0 aliphatic heterocycles. The molecule has 2 aromatic rings. The van der Waals surface area contributed by atoms with Crippen molar-refractivity contribution in [2.75, 3.05) is 7.11 Å². The van der Waals surface area contributed by atoms with E-state index >= 15 is 0 Å². The molecule has 0 spiro atoms. The second kappa shape index (κ2) is 4.07. The summed E-state index contributed by atoms with van der Waals surface area (Å²) in [5.41, 5.74) is 3.80. The van der Waals surface area contributed by atoms with E-state index in [-0.39, 0.29) is 0 Å². The summed E-state index contributed by atoms with van der Waals surface area (Å²) in [5.74, 6) is 0.555. The van der Waals surface area contributed by atoms with Gasteiger partial charge in [0.25, 0.3) is 0 Å². The molecule has 1 aromatic heterocycles. The Balaban J connectivity index is 2.58. The topological polar surface area (TPSA) is 25.0 Å². The van der Waals surface area contributed by atoms with Gasteiger partial charge in [0, 0.05) is 24.3 Å². The Hall–Kier alpha value is -1.28. The molecule has 0 atom stereocenters. The maximum absolute atomic E-state index is 5.22. The molecule has 1 N–H and O–H groups in total. The van der Waals surface area contributed by atoms with Gasteiger partial charge in [-0.3, -0.25) is 0 Å². The monoisotopic (exact) mass is 203 g/mol. The lowest BCUT2D eigenvalue weighted by molar-refractivity contribution is 0.186. The van der Waals surface area contributed by atoms with Crippen molar-refractivity contribution in [3.8, 4) is 0 Å². The lowest BCUT2D eigenvalue weighted by atomic mass is 9.99. The molecule has 15 heavy (non-hydrogen) atoms. The van der Waals surface area contributed by atoms with Gasteiger partial charge in [0.1, 0.15) is 0 Å². The molecule has 0 saturated carbocycles. The van der Waals surface area contributed by atoms with E-state index in [9.17, 15) is 0 Å².